The molecular formula is C21H31N3O2. The highest BCUT2D eigenvalue weighted by Gasteiger charge is 2.27. The van der Waals surface area contributed by atoms with Gasteiger partial charge in [-0.2, -0.15) is 0 Å². The van der Waals surface area contributed by atoms with E-state index in [9.17, 15) is 9.59 Å². The molecule has 1 aliphatic heterocycles. The number of amides is 2. The van der Waals surface area contributed by atoms with Gasteiger partial charge in [0.05, 0.1) is 0 Å². The number of piperazine rings is 1. The van der Waals surface area contributed by atoms with E-state index in [1.165, 1.54) is 32.1 Å². The van der Waals surface area contributed by atoms with Crippen molar-refractivity contribution in [1.29, 1.82) is 0 Å². The largest absolute Gasteiger partial charge is 0.339 e. The smallest absolute Gasteiger partial charge is 0.224 e. The minimum Gasteiger partial charge on any atom is -0.339 e. The van der Waals surface area contributed by atoms with E-state index in [1.54, 1.807) is 0 Å². The van der Waals surface area contributed by atoms with Gasteiger partial charge in [0.25, 0.3) is 0 Å². The number of carbonyl (C=O) groups excluding carboxylic acids is 2. The Hall–Kier alpha value is -1.88. The van der Waals surface area contributed by atoms with E-state index in [-0.39, 0.29) is 17.9 Å². The molecule has 0 aromatic heterocycles. The van der Waals surface area contributed by atoms with E-state index in [0.29, 0.717) is 44.9 Å². The van der Waals surface area contributed by atoms with Crippen molar-refractivity contribution in [2.75, 3.05) is 26.2 Å². The molecule has 1 saturated carbocycles. The molecule has 1 saturated heterocycles. The first kappa shape index (κ1) is 18.9. The lowest BCUT2D eigenvalue weighted by Gasteiger charge is -2.36. The molecule has 2 aliphatic rings. The summed E-state index contributed by atoms with van der Waals surface area (Å²) in [7, 11) is 0. The Labute approximate surface area is 156 Å². The first-order valence-corrected chi connectivity index (χ1v) is 9.99. The number of hydrogen-bond acceptors (Lipinski definition) is 3. The fourth-order valence-electron chi connectivity index (χ4n) is 4.11. The Morgan fingerprint density at radius 3 is 2.12 bits per heavy atom. The molecule has 1 heterocycles. The van der Waals surface area contributed by atoms with Crippen molar-refractivity contribution < 1.29 is 9.59 Å². The van der Waals surface area contributed by atoms with E-state index < -0.39 is 0 Å². The molecule has 26 heavy (non-hydrogen) atoms. The topological polar surface area (TPSA) is 66.6 Å². The van der Waals surface area contributed by atoms with Crippen LogP contribution in [0.5, 0.6) is 0 Å². The first-order chi connectivity index (χ1) is 12.6. The summed E-state index contributed by atoms with van der Waals surface area (Å²) >= 11 is 0. The molecule has 1 atom stereocenters. The van der Waals surface area contributed by atoms with Crippen LogP contribution in [0.1, 0.15) is 56.6 Å². The van der Waals surface area contributed by atoms with Gasteiger partial charge in [-0.25, -0.2) is 0 Å². The van der Waals surface area contributed by atoms with Gasteiger partial charge in [0.15, 0.2) is 0 Å². The number of hydrogen-bond donors (Lipinski definition) is 1. The monoisotopic (exact) mass is 357 g/mol. The molecule has 2 N–H and O–H groups in total. The molecule has 1 aromatic rings. The lowest BCUT2D eigenvalue weighted by atomic mass is 9.86. The third-order valence-corrected chi connectivity index (χ3v) is 5.80. The third-order valence-electron chi connectivity index (χ3n) is 5.80. The molecule has 2 amide bonds. The van der Waals surface area contributed by atoms with Crippen molar-refractivity contribution in [3.8, 4) is 0 Å². The van der Waals surface area contributed by atoms with Crippen LogP contribution in [-0.4, -0.2) is 47.8 Å². The number of benzene rings is 1. The Balaban J connectivity index is 1.42. The van der Waals surface area contributed by atoms with Crippen molar-refractivity contribution in [1.82, 2.24) is 9.80 Å². The molecule has 0 bridgehead atoms. The molecule has 1 aliphatic carbocycles. The van der Waals surface area contributed by atoms with Gasteiger partial charge < -0.3 is 15.5 Å². The molecule has 5 heteroatoms. The van der Waals surface area contributed by atoms with Crippen LogP contribution in [0.25, 0.3) is 0 Å². The van der Waals surface area contributed by atoms with Gasteiger partial charge in [-0.15, -0.1) is 0 Å². The maximum absolute atomic E-state index is 12.5. The fourth-order valence-corrected chi connectivity index (χ4v) is 4.11. The van der Waals surface area contributed by atoms with Crippen LogP contribution in [0.2, 0.25) is 0 Å². The van der Waals surface area contributed by atoms with E-state index in [1.807, 2.05) is 40.1 Å². The number of nitrogens with two attached hydrogens (primary N) is 1. The molecule has 142 valence electrons. The van der Waals surface area contributed by atoms with Crippen molar-refractivity contribution in [3.63, 3.8) is 0 Å². The number of nitrogens with zero attached hydrogens (tertiary/aromatic N) is 2. The summed E-state index contributed by atoms with van der Waals surface area (Å²) in [6.45, 7) is 2.54. The SMILES string of the molecule is NC(CC(=O)N1CCN(C(=O)CC2CCCCC2)CC1)c1ccccc1. The van der Waals surface area contributed by atoms with Crippen molar-refractivity contribution >= 4 is 11.8 Å². The Morgan fingerprint density at radius 2 is 1.50 bits per heavy atom. The van der Waals surface area contributed by atoms with Gasteiger partial charge in [0, 0.05) is 45.1 Å². The van der Waals surface area contributed by atoms with Crippen molar-refractivity contribution in [3.05, 3.63) is 35.9 Å². The summed E-state index contributed by atoms with van der Waals surface area (Å²) in [5, 5.41) is 0. The standard InChI is InChI=1S/C21H31N3O2/c22-19(18-9-5-2-6-10-18)16-21(26)24-13-11-23(12-14-24)20(25)15-17-7-3-1-4-8-17/h2,5-6,9-10,17,19H,1,3-4,7-8,11-16,22H2. The van der Waals surface area contributed by atoms with E-state index >= 15 is 0 Å². The lowest BCUT2D eigenvalue weighted by Crippen LogP contribution is -2.51. The van der Waals surface area contributed by atoms with Crippen molar-refractivity contribution in [2.45, 2.75) is 51.0 Å². The second kappa shape index (κ2) is 9.17. The summed E-state index contributed by atoms with van der Waals surface area (Å²) < 4.78 is 0. The van der Waals surface area contributed by atoms with Gasteiger partial charge in [-0.05, 0) is 24.3 Å². The molecule has 1 aromatic carbocycles. The highest BCUT2D eigenvalue weighted by atomic mass is 16.2. The highest BCUT2D eigenvalue weighted by molar-refractivity contribution is 5.79. The van der Waals surface area contributed by atoms with Gasteiger partial charge in [0.1, 0.15) is 0 Å². The van der Waals surface area contributed by atoms with Crippen LogP contribution in [0.15, 0.2) is 30.3 Å². The Kier molecular flexibility index (Phi) is 6.67. The highest BCUT2D eigenvalue weighted by Crippen LogP contribution is 2.27. The van der Waals surface area contributed by atoms with E-state index in [4.69, 9.17) is 5.73 Å². The zero-order valence-electron chi connectivity index (χ0n) is 15.6. The Morgan fingerprint density at radius 1 is 0.923 bits per heavy atom. The van der Waals surface area contributed by atoms with Crippen LogP contribution < -0.4 is 5.73 Å². The average molecular weight is 357 g/mol. The third kappa shape index (κ3) is 5.07. The number of rotatable bonds is 5. The number of carbonyl (C=O) groups is 2. The second-order valence-corrected chi connectivity index (χ2v) is 7.69. The molecular weight excluding hydrogens is 326 g/mol. The summed E-state index contributed by atoms with van der Waals surface area (Å²) in [4.78, 5) is 28.8. The fraction of sp³-hybridized carbons (Fsp3) is 0.619. The minimum absolute atomic E-state index is 0.0840. The quantitative estimate of drug-likeness (QED) is 0.881. The maximum Gasteiger partial charge on any atom is 0.224 e. The summed E-state index contributed by atoms with van der Waals surface area (Å²) in [6, 6.07) is 9.48. The second-order valence-electron chi connectivity index (χ2n) is 7.69. The zero-order valence-corrected chi connectivity index (χ0v) is 15.6. The summed E-state index contributed by atoms with van der Waals surface area (Å²) in [5.74, 6) is 0.922. The maximum atomic E-state index is 12.5. The normalized spacial score (nSPS) is 20.0. The van der Waals surface area contributed by atoms with Crippen molar-refractivity contribution in [2.24, 2.45) is 11.7 Å². The molecule has 2 fully saturated rings. The van der Waals surface area contributed by atoms with Crippen LogP contribution in [0.3, 0.4) is 0 Å². The summed E-state index contributed by atoms with van der Waals surface area (Å²) in [6.07, 6.45) is 7.25. The molecule has 0 spiro atoms. The molecule has 5 nitrogen and oxygen atoms in total. The van der Waals surface area contributed by atoms with Crippen LogP contribution >= 0.6 is 0 Å². The lowest BCUT2D eigenvalue weighted by molar-refractivity contribution is -0.140. The average Bonchev–Trinajstić information content (AvgIpc) is 2.69. The van der Waals surface area contributed by atoms with E-state index in [0.717, 1.165) is 5.56 Å². The van der Waals surface area contributed by atoms with E-state index in [2.05, 4.69) is 0 Å². The van der Waals surface area contributed by atoms with Gasteiger partial charge >= 0.3 is 0 Å². The Bertz CT molecular complexity index is 591. The predicted octanol–water partition coefficient (Wildman–Crippen LogP) is 2.72. The van der Waals surface area contributed by atoms with Gasteiger partial charge in [-0.1, -0.05) is 49.6 Å². The first-order valence-electron chi connectivity index (χ1n) is 9.99. The molecule has 1 unspecified atom stereocenters. The van der Waals surface area contributed by atoms with Crippen LogP contribution in [0, 0.1) is 5.92 Å². The summed E-state index contributed by atoms with van der Waals surface area (Å²) in [5.41, 5.74) is 7.16. The van der Waals surface area contributed by atoms with Gasteiger partial charge in [0.2, 0.25) is 11.8 Å². The van der Waals surface area contributed by atoms with Gasteiger partial charge in [-0.3, -0.25) is 9.59 Å². The molecule has 3 rings (SSSR count). The minimum atomic E-state index is -0.269. The van der Waals surface area contributed by atoms with Crippen LogP contribution in [-0.2, 0) is 9.59 Å². The predicted molar refractivity (Wildman–Crippen MR) is 102 cm³/mol. The zero-order chi connectivity index (χ0) is 18.4. The molecule has 0 radical (unpaired) electrons. The van der Waals surface area contributed by atoms with Crippen LogP contribution in [0.4, 0.5) is 0 Å².